The first kappa shape index (κ1) is 14.8. The highest BCUT2D eigenvalue weighted by Crippen LogP contribution is 2.29. The minimum absolute atomic E-state index is 0.0566. The molecule has 3 N–H and O–H groups in total. The van der Waals surface area contributed by atoms with Gasteiger partial charge in [0, 0.05) is 12.7 Å². The molecule has 0 saturated carbocycles. The van der Waals surface area contributed by atoms with E-state index in [1.807, 2.05) is 36.0 Å². The molecule has 0 radical (unpaired) electrons. The first-order valence-electron chi connectivity index (χ1n) is 7.78. The van der Waals surface area contributed by atoms with Crippen LogP contribution in [0.1, 0.15) is 46.6 Å². The van der Waals surface area contributed by atoms with Crippen molar-refractivity contribution in [3.63, 3.8) is 0 Å². The number of hydrogen-bond donors (Lipinski definition) is 2. The van der Waals surface area contributed by atoms with E-state index in [2.05, 4.69) is 23.4 Å². The molecule has 3 rings (SSSR count). The fraction of sp³-hybridized carbons (Fsp3) is 0.412. The molecule has 22 heavy (non-hydrogen) atoms. The van der Waals surface area contributed by atoms with Crippen LogP contribution in [-0.2, 0) is 13.0 Å². The van der Waals surface area contributed by atoms with E-state index in [-0.39, 0.29) is 18.0 Å². The van der Waals surface area contributed by atoms with Gasteiger partial charge in [0.05, 0.1) is 23.3 Å². The third-order valence-electron chi connectivity index (χ3n) is 4.25. The lowest BCUT2D eigenvalue weighted by Crippen LogP contribution is -2.40. The van der Waals surface area contributed by atoms with E-state index >= 15 is 0 Å². The van der Waals surface area contributed by atoms with Gasteiger partial charge in [-0.15, -0.1) is 0 Å². The van der Waals surface area contributed by atoms with E-state index in [0.29, 0.717) is 5.56 Å². The summed E-state index contributed by atoms with van der Waals surface area (Å²) in [4.78, 5) is 12.5. The van der Waals surface area contributed by atoms with Crippen molar-refractivity contribution in [1.82, 2.24) is 15.1 Å². The van der Waals surface area contributed by atoms with E-state index in [1.54, 1.807) is 0 Å². The van der Waals surface area contributed by atoms with Crippen molar-refractivity contribution in [2.45, 2.75) is 45.3 Å². The zero-order valence-electron chi connectivity index (χ0n) is 13.0. The van der Waals surface area contributed by atoms with Crippen LogP contribution in [-0.4, -0.2) is 21.7 Å². The zero-order valence-corrected chi connectivity index (χ0v) is 13.0. The summed E-state index contributed by atoms with van der Waals surface area (Å²) in [5.74, 6) is -0.0897. The molecule has 0 fully saturated rings. The molecular formula is C17H22N4O. The number of amides is 1. The Morgan fingerprint density at radius 3 is 2.95 bits per heavy atom. The number of aryl methyl sites for hydroxylation is 2. The summed E-state index contributed by atoms with van der Waals surface area (Å²) in [5, 5.41) is 7.45. The number of carbonyl (C=O) groups is 1. The van der Waals surface area contributed by atoms with Gasteiger partial charge in [-0.05, 0) is 30.9 Å². The number of nitrogens with zero attached hydrogens (tertiary/aromatic N) is 2. The van der Waals surface area contributed by atoms with Gasteiger partial charge in [0.1, 0.15) is 0 Å². The Labute approximate surface area is 130 Å². The lowest BCUT2D eigenvalue weighted by molar-refractivity contribution is 0.0932. The summed E-state index contributed by atoms with van der Waals surface area (Å²) < 4.78 is 1.83. The minimum Gasteiger partial charge on any atom is -0.347 e. The summed E-state index contributed by atoms with van der Waals surface area (Å²) >= 11 is 0. The molecule has 2 atom stereocenters. The van der Waals surface area contributed by atoms with Crippen LogP contribution < -0.4 is 11.1 Å². The van der Waals surface area contributed by atoms with Crippen molar-refractivity contribution in [1.29, 1.82) is 0 Å². The van der Waals surface area contributed by atoms with Crippen LogP contribution in [0.15, 0.2) is 30.5 Å². The quantitative estimate of drug-likeness (QED) is 0.906. The molecule has 1 amide bonds. The molecule has 1 aromatic carbocycles. The molecule has 0 aliphatic heterocycles. The molecule has 1 aliphatic rings. The Hall–Kier alpha value is -2.14. The lowest BCUT2D eigenvalue weighted by Gasteiger charge is -2.17. The molecule has 5 heteroatoms. The van der Waals surface area contributed by atoms with Crippen molar-refractivity contribution in [3.8, 4) is 0 Å². The van der Waals surface area contributed by atoms with Gasteiger partial charge in [0.25, 0.3) is 5.91 Å². The lowest BCUT2D eigenvalue weighted by atomic mass is 10.1. The van der Waals surface area contributed by atoms with E-state index in [9.17, 15) is 4.79 Å². The second-order valence-corrected chi connectivity index (χ2v) is 5.90. The zero-order chi connectivity index (χ0) is 15.7. The third kappa shape index (κ3) is 2.64. The van der Waals surface area contributed by atoms with Crippen molar-refractivity contribution in [3.05, 3.63) is 52.8 Å². The highest BCUT2D eigenvalue weighted by molar-refractivity contribution is 5.95. The monoisotopic (exact) mass is 298 g/mol. The molecular weight excluding hydrogens is 276 g/mol. The molecule has 0 saturated heterocycles. The number of fused-ring (bicyclic) bond motifs is 1. The Morgan fingerprint density at radius 1 is 1.45 bits per heavy atom. The van der Waals surface area contributed by atoms with E-state index in [0.717, 1.165) is 30.6 Å². The third-order valence-corrected chi connectivity index (χ3v) is 4.25. The molecule has 0 bridgehead atoms. The van der Waals surface area contributed by atoms with E-state index < -0.39 is 0 Å². The normalized spacial score (nSPS) is 20.0. The molecule has 0 unspecified atom stereocenters. The van der Waals surface area contributed by atoms with Crippen molar-refractivity contribution in [2.24, 2.45) is 5.73 Å². The van der Waals surface area contributed by atoms with Crippen LogP contribution in [0.5, 0.6) is 0 Å². The van der Waals surface area contributed by atoms with Gasteiger partial charge in [-0.25, -0.2) is 0 Å². The van der Waals surface area contributed by atoms with Crippen LogP contribution in [0, 0.1) is 6.92 Å². The van der Waals surface area contributed by atoms with Crippen LogP contribution in [0.2, 0.25) is 0 Å². The van der Waals surface area contributed by atoms with Gasteiger partial charge in [0.15, 0.2) is 0 Å². The number of carbonyl (C=O) groups excluding carboxylic acids is 1. The first-order valence-corrected chi connectivity index (χ1v) is 7.78. The Balaban J connectivity index is 1.73. The molecule has 1 aromatic heterocycles. The van der Waals surface area contributed by atoms with Gasteiger partial charge in [-0.3, -0.25) is 9.48 Å². The summed E-state index contributed by atoms with van der Waals surface area (Å²) in [6, 6.07) is 7.91. The Bertz CT molecular complexity index is 692. The van der Waals surface area contributed by atoms with Crippen LogP contribution in [0.25, 0.3) is 0 Å². The smallest absolute Gasteiger partial charge is 0.255 e. The van der Waals surface area contributed by atoms with Crippen molar-refractivity contribution >= 4 is 5.91 Å². The number of nitrogens with one attached hydrogen (secondary N) is 1. The van der Waals surface area contributed by atoms with Gasteiger partial charge in [-0.1, -0.05) is 31.2 Å². The van der Waals surface area contributed by atoms with Gasteiger partial charge < -0.3 is 11.1 Å². The number of rotatable bonds is 4. The molecule has 116 valence electrons. The highest BCUT2D eigenvalue weighted by atomic mass is 16.1. The van der Waals surface area contributed by atoms with E-state index in [4.69, 9.17) is 5.73 Å². The number of nitrogens with two attached hydrogens (primary N) is 1. The maximum absolute atomic E-state index is 12.5. The predicted octanol–water partition coefficient (Wildman–Crippen LogP) is 1.96. The maximum atomic E-state index is 12.5. The number of aromatic nitrogens is 2. The second-order valence-electron chi connectivity index (χ2n) is 5.90. The first-order chi connectivity index (χ1) is 10.6. The molecule has 5 nitrogen and oxygen atoms in total. The number of hydrogen-bond acceptors (Lipinski definition) is 3. The van der Waals surface area contributed by atoms with Crippen LogP contribution in [0.4, 0.5) is 0 Å². The summed E-state index contributed by atoms with van der Waals surface area (Å²) in [5.41, 5.74) is 10.0. The summed E-state index contributed by atoms with van der Waals surface area (Å²) in [6.07, 6.45) is 3.60. The predicted molar refractivity (Wildman–Crippen MR) is 85.6 cm³/mol. The SMILES string of the molecule is CCCn1cc(C(=O)N[C@H]2Cc3ccccc3[C@@H]2N)c(C)n1. The molecule has 1 heterocycles. The second kappa shape index (κ2) is 5.93. The summed E-state index contributed by atoms with van der Waals surface area (Å²) in [7, 11) is 0. The average Bonchev–Trinajstić information content (AvgIpc) is 3.01. The maximum Gasteiger partial charge on any atom is 0.255 e. The fourth-order valence-electron chi connectivity index (χ4n) is 3.10. The Morgan fingerprint density at radius 2 is 2.23 bits per heavy atom. The van der Waals surface area contributed by atoms with Gasteiger partial charge in [-0.2, -0.15) is 5.10 Å². The molecule has 1 aliphatic carbocycles. The van der Waals surface area contributed by atoms with Crippen LogP contribution >= 0.6 is 0 Å². The number of benzene rings is 1. The average molecular weight is 298 g/mol. The standard InChI is InChI=1S/C17H22N4O/c1-3-8-21-10-14(11(2)20-21)17(22)19-15-9-12-6-4-5-7-13(12)16(15)18/h4-7,10,15-16H,3,8-9,18H2,1-2H3,(H,19,22)/t15-,16-/m0/s1. The van der Waals surface area contributed by atoms with Gasteiger partial charge in [0.2, 0.25) is 0 Å². The van der Waals surface area contributed by atoms with Crippen LogP contribution in [0.3, 0.4) is 0 Å². The summed E-state index contributed by atoms with van der Waals surface area (Å²) in [6.45, 7) is 4.78. The van der Waals surface area contributed by atoms with E-state index in [1.165, 1.54) is 5.56 Å². The van der Waals surface area contributed by atoms with Gasteiger partial charge >= 0.3 is 0 Å². The molecule has 0 spiro atoms. The minimum atomic E-state index is -0.147. The Kier molecular flexibility index (Phi) is 3.98. The highest BCUT2D eigenvalue weighted by Gasteiger charge is 2.31. The van der Waals surface area contributed by atoms with Crippen molar-refractivity contribution in [2.75, 3.05) is 0 Å². The topological polar surface area (TPSA) is 72.9 Å². The fourth-order valence-corrected chi connectivity index (χ4v) is 3.10. The molecule has 2 aromatic rings. The largest absolute Gasteiger partial charge is 0.347 e. The van der Waals surface area contributed by atoms with Crippen molar-refractivity contribution < 1.29 is 4.79 Å².